The maximum Gasteiger partial charge on any atom is 0.253 e. The normalized spacial score (nSPS) is 14.6. The topological polar surface area (TPSA) is 72.2 Å². The monoisotopic (exact) mass is 262 g/mol. The van der Waals surface area contributed by atoms with Crippen LogP contribution in [0.15, 0.2) is 45.5 Å². The van der Waals surface area contributed by atoms with Crippen molar-refractivity contribution >= 4 is 33.3 Å². The molecule has 0 saturated heterocycles. The minimum absolute atomic E-state index is 0.0417. The van der Waals surface area contributed by atoms with Crippen molar-refractivity contribution in [1.29, 1.82) is 0 Å². The highest BCUT2D eigenvalue weighted by atomic mass is 32.2. The van der Waals surface area contributed by atoms with E-state index in [9.17, 15) is 8.42 Å². The van der Waals surface area contributed by atoms with Gasteiger partial charge in [-0.3, -0.25) is 0 Å². The fourth-order valence-corrected chi connectivity index (χ4v) is 2.41. The lowest BCUT2D eigenvalue weighted by molar-refractivity contribution is 0.602. The van der Waals surface area contributed by atoms with Crippen molar-refractivity contribution in [3.63, 3.8) is 0 Å². The van der Waals surface area contributed by atoms with Crippen LogP contribution in [0.1, 0.15) is 0 Å². The van der Waals surface area contributed by atoms with Crippen molar-refractivity contribution in [2.75, 3.05) is 0 Å². The van der Waals surface area contributed by atoms with E-state index in [-0.39, 0.29) is 5.03 Å². The maximum atomic E-state index is 10.6. The quantitative estimate of drug-likeness (QED) is 0.755. The molecule has 0 radical (unpaired) electrons. The second-order valence-electron chi connectivity index (χ2n) is 2.42. The molecule has 1 aromatic rings. The van der Waals surface area contributed by atoms with Crippen LogP contribution in [0.5, 0.6) is 0 Å². The van der Waals surface area contributed by atoms with Crippen LogP contribution in [-0.2, 0) is 10.0 Å². The first-order valence-corrected chi connectivity index (χ1v) is 7.26. The number of rotatable bonds is 1. The average molecular weight is 262 g/mol. The Morgan fingerprint density at radius 1 is 1.27 bits per heavy atom. The minimum Gasteiger partial charge on any atom is -0.316 e. The van der Waals surface area contributed by atoms with E-state index in [0.717, 1.165) is 0 Å². The SMILES string of the molecule is NS(=O)(=O)C1=CC=CSN1.c1ccsc1. The van der Waals surface area contributed by atoms with Gasteiger partial charge in [-0.05, 0) is 34.2 Å². The lowest BCUT2D eigenvalue weighted by Crippen LogP contribution is -2.22. The molecule has 0 fully saturated rings. The molecule has 0 spiro atoms. The molecule has 2 rings (SSSR count). The zero-order valence-electron chi connectivity index (χ0n) is 7.66. The summed E-state index contributed by atoms with van der Waals surface area (Å²) in [5, 5.41) is 10.6. The van der Waals surface area contributed by atoms with Crippen LogP contribution in [0.2, 0.25) is 0 Å². The minimum atomic E-state index is -3.55. The van der Waals surface area contributed by atoms with Gasteiger partial charge in [-0.15, -0.1) is 0 Å². The zero-order chi connectivity index (χ0) is 11.1. The third-order valence-corrected chi connectivity index (χ3v) is 3.53. The summed E-state index contributed by atoms with van der Waals surface area (Å²) >= 11 is 2.88. The number of nitrogens with two attached hydrogens (primary N) is 1. The molecule has 0 aromatic carbocycles. The summed E-state index contributed by atoms with van der Waals surface area (Å²) in [5.41, 5.74) is 0. The summed E-state index contributed by atoms with van der Waals surface area (Å²) in [6.07, 6.45) is 3.02. The molecule has 2 heterocycles. The number of nitrogens with one attached hydrogen (secondary N) is 1. The summed E-state index contributed by atoms with van der Waals surface area (Å²) < 4.78 is 23.7. The molecule has 1 aliphatic heterocycles. The Balaban J connectivity index is 0.000000187. The molecule has 7 heteroatoms. The molecule has 82 valence electrons. The van der Waals surface area contributed by atoms with E-state index in [1.165, 1.54) is 18.0 Å². The lowest BCUT2D eigenvalue weighted by Gasteiger charge is -2.06. The van der Waals surface area contributed by atoms with Crippen LogP contribution >= 0.6 is 23.3 Å². The summed E-state index contributed by atoms with van der Waals surface area (Å²) in [6.45, 7) is 0. The van der Waals surface area contributed by atoms with Crippen LogP contribution in [0.25, 0.3) is 0 Å². The van der Waals surface area contributed by atoms with E-state index in [2.05, 4.69) is 4.72 Å². The summed E-state index contributed by atoms with van der Waals surface area (Å²) in [4.78, 5) is 0. The van der Waals surface area contributed by atoms with E-state index in [0.29, 0.717) is 0 Å². The first-order valence-electron chi connectivity index (χ1n) is 3.89. The maximum absolute atomic E-state index is 10.6. The molecular weight excluding hydrogens is 252 g/mol. The fourth-order valence-electron chi connectivity index (χ4n) is 0.672. The van der Waals surface area contributed by atoms with Gasteiger partial charge < -0.3 is 4.72 Å². The van der Waals surface area contributed by atoms with Gasteiger partial charge in [-0.1, -0.05) is 18.2 Å². The van der Waals surface area contributed by atoms with E-state index in [4.69, 9.17) is 5.14 Å². The Kier molecular flexibility index (Phi) is 4.89. The zero-order valence-corrected chi connectivity index (χ0v) is 10.1. The number of hydrogen-bond donors (Lipinski definition) is 2. The molecule has 0 saturated carbocycles. The molecule has 15 heavy (non-hydrogen) atoms. The molecule has 1 aromatic heterocycles. The predicted octanol–water partition coefficient (Wildman–Crippen LogP) is 1.63. The second kappa shape index (κ2) is 5.96. The molecular formula is C8H10N2O2S3. The standard InChI is InChI=1S/C4H6N2O2S2.C4H4S/c5-10(7,8)4-2-1-3-9-6-4;1-2-4-5-3-1/h1-3,6H,(H2,5,7,8);1-4H. The summed E-state index contributed by atoms with van der Waals surface area (Å²) in [7, 11) is -3.55. The Labute approximate surface area is 97.1 Å². The molecule has 0 bridgehead atoms. The van der Waals surface area contributed by atoms with Crippen molar-refractivity contribution in [2.24, 2.45) is 5.14 Å². The van der Waals surface area contributed by atoms with Gasteiger partial charge in [-0.25, -0.2) is 13.6 Å². The molecule has 1 aliphatic rings. The Morgan fingerprint density at radius 3 is 2.20 bits per heavy atom. The van der Waals surface area contributed by atoms with Crippen molar-refractivity contribution in [3.8, 4) is 0 Å². The van der Waals surface area contributed by atoms with Gasteiger partial charge in [0.25, 0.3) is 10.0 Å². The molecule has 0 aliphatic carbocycles. The van der Waals surface area contributed by atoms with Crippen LogP contribution in [0.4, 0.5) is 0 Å². The number of sulfonamides is 1. The van der Waals surface area contributed by atoms with E-state index in [1.807, 2.05) is 22.9 Å². The number of allylic oxidation sites excluding steroid dienone is 2. The van der Waals surface area contributed by atoms with E-state index < -0.39 is 10.0 Å². The van der Waals surface area contributed by atoms with Crippen molar-refractivity contribution < 1.29 is 8.42 Å². The smallest absolute Gasteiger partial charge is 0.253 e. The summed E-state index contributed by atoms with van der Waals surface area (Å²) in [6, 6.07) is 4.04. The van der Waals surface area contributed by atoms with E-state index >= 15 is 0 Å². The third-order valence-electron chi connectivity index (χ3n) is 1.29. The van der Waals surface area contributed by atoms with Gasteiger partial charge in [-0.2, -0.15) is 11.3 Å². The predicted molar refractivity (Wildman–Crippen MR) is 65.4 cm³/mol. The van der Waals surface area contributed by atoms with Crippen LogP contribution in [0.3, 0.4) is 0 Å². The number of hydrogen-bond acceptors (Lipinski definition) is 5. The highest BCUT2D eigenvalue weighted by Gasteiger charge is 2.11. The van der Waals surface area contributed by atoms with Crippen molar-refractivity contribution in [1.82, 2.24) is 4.72 Å². The Bertz CT molecular complexity index is 417. The second-order valence-corrected chi connectivity index (χ2v) is 5.48. The Hall–Kier alpha value is -0.760. The van der Waals surface area contributed by atoms with Gasteiger partial charge in [0.1, 0.15) is 0 Å². The van der Waals surface area contributed by atoms with Gasteiger partial charge in [0.05, 0.1) is 0 Å². The molecule has 4 nitrogen and oxygen atoms in total. The molecule has 0 amide bonds. The van der Waals surface area contributed by atoms with Crippen molar-refractivity contribution in [3.05, 3.63) is 45.5 Å². The van der Waals surface area contributed by atoms with Crippen LogP contribution in [0, 0.1) is 0 Å². The first-order chi connectivity index (χ1) is 7.11. The molecule has 0 unspecified atom stereocenters. The summed E-state index contributed by atoms with van der Waals surface area (Å²) in [5.74, 6) is 0. The van der Waals surface area contributed by atoms with Crippen molar-refractivity contribution in [2.45, 2.75) is 0 Å². The van der Waals surface area contributed by atoms with Gasteiger partial charge in [0.2, 0.25) is 0 Å². The third kappa shape index (κ3) is 5.03. The average Bonchev–Trinajstić information content (AvgIpc) is 2.76. The number of primary sulfonamides is 1. The highest BCUT2D eigenvalue weighted by Crippen LogP contribution is 2.10. The van der Waals surface area contributed by atoms with E-state index in [1.54, 1.807) is 22.8 Å². The molecule has 3 N–H and O–H groups in total. The number of thiophene rings is 1. The fraction of sp³-hybridized carbons (Fsp3) is 0. The first kappa shape index (κ1) is 12.3. The van der Waals surface area contributed by atoms with Gasteiger partial charge in [0, 0.05) is 0 Å². The molecule has 0 atom stereocenters. The van der Waals surface area contributed by atoms with Crippen LogP contribution in [-0.4, -0.2) is 8.42 Å². The van der Waals surface area contributed by atoms with Gasteiger partial charge in [0.15, 0.2) is 5.03 Å². The lowest BCUT2D eigenvalue weighted by atomic mass is 10.6. The Morgan fingerprint density at radius 2 is 1.93 bits per heavy atom. The van der Waals surface area contributed by atoms with Crippen LogP contribution < -0.4 is 9.86 Å². The highest BCUT2D eigenvalue weighted by molar-refractivity contribution is 8.02. The van der Waals surface area contributed by atoms with Gasteiger partial charge >= 0.3 is 0 Å². The largest absolute Gasteiger partial charge is 0.316 e.